The van der Waals surface area contributed by atoms with Crippen molar-refractivity contribution in [1.29, 1.82) is 0 Å². The van der Waals surface area contributed by atoms with Crippen LogP contribution in [0.15, 0.2) is 65.7 Å². The average molecular weight is 456 g/mol. The number of carbonyl (C=O) groups excluding carboxylic acids is 1. The fraction of sp³-hybridized carbons (Fsp3) is 0.240. The summed E-state index contributed by atoms with van der Waals surface area (Å²) in [5, 5.41) is 3.33. The normalized spacial score (nSPS) is 12.8. The van der Waals surface area contributed by atoms with E-state index < -0.39 is 0 Å². The molecule has 0 bridgehead atoms. The van der Waals surface area contributed by atoms with Gasteiger partial charge in [-0.15, -0.1) is 0 Å². The maximum absolute atomic E-state index is 12.0. The third kappa shape index (κ3) is 4.59. The zero-order valence-corrected chi connectivity index (χ0v) is 19.1. The van der Waals surface area contributed by atoms with Gasteiger partial charge >= 0.3 is 0 Å². The molecule has 1 aromatic carbocycles. The molecule has 0 fully saturated rings. The van der Waals surface area contributed by atoms with Crippen LogP contribution >= 0.6 is 0 Å². The quantitative estimate of drug-likeness (QED) is 0.468. The number of benzene rings is 1. The topological polar surface area (TPSA) is 100 Å². The molecule has 1 amide bonds. The molecule has 0 saturated heterocycles. The number of oxazole rings is 1. The number of hydrogen-bond donors (Lipinski definition) is 1. The van der Waals surface area contributed by atoms with Crippen LogP contribution in [0.5, 0.6) is 0 Å². The van der Waals surface area contributed by atoms with E-state index in [1.54, 1.807) is 19.3 Å². The Morgan fingerprint density at radius 2 is 2.03 bits per heavy atom. The summed E-state index contributed by atoms with van der Waals surface area (Å²) in [4.78, 5) is 34.0. The first-order chi connectivity index (χ1) is 16.6. The first-order valence-electron chi connectivity index (χ1n) is 11.1. The number of hydrogen-bond acceptors (Lipinski definition) is 8. The van der Waals surface area contributed by atoms with Gasteiger partial charge in [0.05, 0.1) is 30.7 Å². The van der Waals surface area contributed by atoms with Crippen LogP contribution in [0.2, 0.25) is 0 Å². The van der Waals surface area contributed by atoms with Crippen LogP contribution < -0.4 is 10.2 Å². The first kappa shape index (κ1) is 21.6. The van der Waals surface area contributed by atoms with Crippen LogP contribution in [-0.2, 0) is 24.3 Å². The molecule has 4 aromatic rings. The fourth-order valence-corrected chi connectivity index (χ4v) is 4.05. The highest BCUT2D eigenvalue weighted by Crippen LogP contribution is 2.29. The summed E-state index contributed by atoms with van der Waals surface area (Å²) in [6.07, 6.45) is 5.56. The molecular weight excluding hydrogens is 430 g/mol. The zero-order valence-electron chi connectivity index (χ0n) is 19.1. The Morgan fingerprint density at radius 3 is 2.74 bits per heavy atom. The summed E-state index contributed by atoms with van der Waals surface area (Å²) in [6.45, 7) is 3.34. The SMILES string of the molecule is CC(=O)N1CCc2nc(Nc3ccc(-c4cnco4)cc3)nc(N(C)Cc3ccccn3)c2C1. The summed E-state index contributed by atoms with van der Waals surface area (Å²) in [5.74, 6) is 2.08. The summed E-state index contributed by atoms with van der Waals surface area (Å²) in [6, 6.07) is 13.7. The van der Waals surface area contributed by atoms with Crippen molar-refractivity contribution >= 4 is 23.4 Å². The molecule has 0 unspecified atom stereocenters. The summed E-state index contributed by atoms with van der Waals surface area (Å²) >= 11 is 0. The molecule has 9 nitrogen and oxygen atoms in total. The standard InChI is InChI=1S/C25H25N7O2/c1-17(33)32-12-10-22-21(15-32)24(31(2)14-20-5-3-4-11-27-20)30-25(29-22)28-19-8-6-18(7-9-19)23-13-26-16-34-23/h3-9,11,13,16H,10,12,14-15H2,1-2H3,(H,28,29,30). The van der Waals surface area contributed by atoms with Gasteiger partial charge in [-0.1, -0.05) is 6.07 Å². The van der Waals surface area contributed by atoms with Crippen LogP contribution in [0.1, 0.15) is 23.9 Å². The molecule has 172 valence electrons. The molecule has 0 spiro atoms. The second-order valence-corrected chi connectivity index (χ2v) is 8.23. The predicted molar refractivity (Wildman–Crippen MR) is 128 cm³/mol. The minimum Gasteiger partial charge on any atom is -0.444 e. The summed E-state index contributed by atoms with van der Waals surface area (Å²) < 4.78 is 5.36. The van der Waals surface area contributed by atoms with Crippen molar-refractivity contribution in [1.82, 2.24) is 24.8 Å². The second kappa shape index (κ2) is 9.30. The van der Waals surface area contributed by atoms with Gasteiger partial charge < -0.3 is 19.5 Å². The van der Waals surface area contributed by atoms with Gasteiger partial charge in [0.15, 0.2) is 12.2 Å². The van der Waals surface area contributed by atoms with Crippen molar-refractivity contribution in [2.75, 3.05) is 23.8 Å². The number of nitrogens with one attached hydrogen (secondary N) is 1. The van der Waals surface area contributed by atoms with E-state index in [0.29, 0.717) is 37.8 Å². The molecular formula is C25H25N7O2. The van der Waals surface area contributed by atoms with Crippen molar-refractivity contribution in [2.24, 2.45) is 0 Å². The van der Waals surface area contributed by atoms with Gasteiger partial charge in [0, 0.05) is 49.9 Å². The van der Waals surface area contributed by atoms with Gasteiger partial charge in [-0.2, -0.15) is 4.98 Å². The first-order valence-corrected chi connectivity index (χ1v) is 11.1. The van der Waals surface area contributed by atoms with Gasteiger partial charge in [0.1, 0.15) is 5.82 Å². The van der Waals surface area contributed by atoms with Gasteiger partial charge in [-0.3, -0.25) is 9.78 Å². The second-order valence-electron chi connectivity index (χ2n) is 8.23. The number of fused-ring (bicyclic) bond motifs is 1. The molecule has 1 aliphatic rings. The number of aromatic nitrogens is 4. The molecule has 1 N–H and O–H groups in total. The van der Waals surface area contributed by atoms with Crippen LogP contribution in [0.3, 0.4) is 0 Å². The van der Waals surface area contributed by atoms with E-state index in [9.17, 15) is 4.79 Å². The Morgan fingerprint density at radius 1 is 1.18 bits per heavy atom. The number of nitrogens with zero attached hydrogens (tertiary/aromatic N) is 6. The van der Waals surface area contributed by atoms with Crippen molar-refractivity contribution in [3.8, 4) is 11.3 Å². The monoisotopic (exact) mass is 455 g/mol. The maximum Gasteiger partial charge on any atom is 0.229 e. The van der Waals surface area contributed by atoms with Crippen LogP contribution in [0.25, 0.3) is 11.3 Å². The Hall–Kier alpha value is -4.27. The highest BCUT2D eigenvalue weighted by atomic mass is 16.3. The molecule has 0 radical (unpaired) electrons. The Bertz CT molecular complexity index is 1270. The molecule has 9 heteroatoms. The Labute approximate surface area is 197 Å². The molecule has 1 aliphatic heterocycles. The number of rotatable bonds is 6. The lowest BCUT2D eigenvalue weighted by Gasteiger charge is -2.31. The van der Waals surface area contributed by atoms with Crippen LogP contribution in [-0.4, -0.2) is 44.3 Å². The van der Waals surface area contributed by atoms with E-state index in [0.717, 1.165) is 34.0 Å². The minimum absolute atomic E-state index is 0.0537. The fourth-order valence-electron chi connectivity index (χ4n) is 4.05. The molecule has 0 atom stereocenters. The van der Waals surface area contributed by atoms with Gasteiger partial charge in [-0.05, 0) is 36.4 Å². The molecule has 34 heavy (non-hydrogen) atoms. The number of anilines is 3. The van der Waals surface area contributed by atoms with E-state index in [2.05, 4.69) is 20.2 Å². The third-order valence-corrected chi connectivity index (χ3v) is 5.83. The number of amides is 1. The number of pyridine rings is 1. The van der Waals surface area contributed by atoms with Crippen molar-refractivity contribution in [2.45, 2.75) is 26.4 Å². The molecule has 4 heterocycles. The maximum atomic E-state index is 12.0. The van der Waals surface area contributed by atoms with Gasteiger partial charge in [-0.25, -0.2) is 9.97 Å². The highest BCUT2D eigenvalue weighted by Gasteiger charge is 2.25. The van der Waals surface area contributed by atoms with Crippen molar-refractivity contribution < 1.29 is 9.21 Å². The largest absolute Gasteiger partial charge is 0.444 e. The van der Waals surface area contributed by atoms with E-state index in [1.165, 1.54) is 6.39 Å². The lowest BCUT2D eigenvalue weighted by Crippen LogP contribution is -2.36. The number of carbonyl (C=O) groups is 1. The lowest BCUT2D eigenvalue weighted by atomic mass is 10.1. The van der Waals surface area contributed by atoms with Crippen LogP contribution in [0.4, 0.5) is 17.5 Å². The van der Waals surface area contributed by atoms with Gasteiger partial charge in [0.2, 0.25) is 11.9 Å². The van der Waals surface area contributed by atoms with Crippen molar-refractivity contribution in [3.63, 3.8) is 0 Å². The third-order valence-electron chi connectivity index (χ3n) is 5.83. The van der Waals surface area contributed by atoms with Crippen molar-refractivity contribution in [3.05, 3.63) is 78.2 Å². The van der Waals surface area contributed by atoms with Gasteiger partial charge in [0.25, 0.3) is 0 Å². The zero-order chi connectivity index (χ0) is 23.5. The molecule has 5 rings (SSSR count). The van der Waals surface area contributed by atoms with E-state index >= 15 is 0 Å². The molecule has 0 saturated carbocycles. The minimum atomic E-state index is 0.0537. The van der Waals surface area contributed by atoms with E-state index in [-0.39, 0.29) is 5.91 Å². The van der Waals surface area contributed by atoms with Crippen LogP contribution in [0, 0.1) is 0 Å². The van der Waals surface area contributed by atoms with E-state index in [4.69, 9.17) is 14.4 Å². The Kier molecular flexibility index (Phi) is 5.90. The summed E-state index contributed by atoms with van der Waals surface area (Å²) in [5.41, 5.74) is 4.67. The lowest BCUT2D eigenvalue weighted by molar-refractivity contribution is -0.129. The van der Waals surface area contributed by atoms with E-state index in [1.807, 2.05) is 54.4 Å². The molecule has 3 aromatic heterocycles. The Balaban J connectivity index is 1.45. The summed E-state index contributed by atoms with van der Waals surface area (Å²) in [7, 11) is 1.99. The average Bonchev–Trinajstić information content (AvgIpc) is 3.39. The smallest absolute Gasteiger partial charge is 0.229 e. The molecule has 0 aliphatic carbocycles. The predicted octanol–water partition coefficient (Wildman–Crippen LogP) is 3.81. The highest BCUT2D eigenvalue weighted by molar-refractivity contribution is 5.74.